The SMILES string of the molecule is O=C(O)C(O)C(O)C(=O)O.[B].[H-].[H-].[Sr+2]. The van der Waals surface area contributed by atoms with Crippen molar-refractivity contribution in [3.8, 4) is 0 Å². The molecule has 4 N–H and O–H groups in total. The van der Waals surface area contributed by atoms with E-state index < -0.39 is 24.1 Å². The molecular formula is C4H8BO6Sr. The molecular weight excluding hydrogens is 242 g/mol. The van der Waals surface area contributed by atoms with Crippen LogP contribution in [0.3, 0.4) is 0 Å². The molecule has 0 aromatic carbocycles. The van der Waals surface area contributed by atoms with E-state index in [0.717, 1.165) is 0 Å². The Morgan fingerprint density at radius 1 is 1.00 bits per heavy atom. The van der Waals surface area contributed by atoms with Crippen molar-refractivity contribution in [1.29, 1.82) is 0 Å². The van der Waals surface area contributed by atoms with Gasteiger partial charge in [-0.05, 0) is 0 Å². The maximum absolute atomic E-state index is 9.77. The first kappa shape index (κ1) is 18.2. The molecule has 0 saturated carbocycles. The third-order valence-corrected chi connectivity index (χ3v) is 0.805. The van der Waals surface area contributed by atoms with E-state index in [1.54, 1.807) is 0 Å². The summed E-state index contributed by atoms with van der Waals surface area (Å²) in [5.41, 5.74) is 0. The molecule has 0 spiro atoms. The number of carboxylic acids is 2. The van der Waals surface area contributed by atoms with Crippen molar-refractivity contribution >= 4 is 65.8 Å². The molecule has 0 rings (SSSR count). The second-order valence-electron chi connectivity index (χ2n) is 1.57. The van der Waals surface area contributed by atoms with Crippen LogP contribution in [-0.2, 0) is 9.59 Å². The maximum Gasteiger partial charge on any atom is 2.00 e. The van der Waals surface area contributed by atoms with Gasteiger partial charge in [-0.25, -0.2) is 9.59 Å². The van der Waals surface area contributed by atoms with Gasteiger partial charge in [0.1, 0.15) is 0 Å². The summed E-state index contributed by atoms with van der Waals surface area (Å²) in [6, 6.07) is 0. The average Bonchev–Trinajstić information content (AvgIpc) is 1.84. The number of aliphatic carboxylic acids is 2. The minimum Gasteiger partial charge on any atom is -1.00 e. The predicted molar refractivity (Wildman–Crippen MR) is 41.0 cm³/mol. The van der Waals surface area contributed by atoms with Crippen molar-refractivity contribution in [2.75, 3.05) is 0 Å². The Balaban J connectivity index is -0.0000000675. The van der Waals surface area contributed by atoms with Gasteiger partial charge < -0.3 is 23.3 Å². The number of carboxylic acid groups (broad SMARTS) is 2. The summed E-state index contributed by atoms with van der Waals surface area (Å²) in [6.45, 7) is 0. The second kappa shape index (κ2) is 8.02. The van der Waals surface area contributed by atoms with Crippen LogP contribution in [0.2, 0.25) is 0 Å². The third kappa shape index (κ3) is 5.98. The topological polar surface area (TPSA) is 115 Å². The number of rotatable bonds is 3. The Hall–Kier alpha value is 0.405. The first-order valence-electron chi connectivity index (χ1n) is 2.28. The molecule has 2 atom stereocenters. The van der Waals surface area contributed by atoms with Gasteiger partial charge >= 0.3 is 57.4 Å². The summed E-state index contributed by atoms with van der Waals surface area (Å²) in [7, 11) is 0. The molecule has 8 heteroatoms. The molecule has 2 unspecified atom stereocenters. The van der Waals surface area contributed by atoms with Gasteiger partial charge in [0.05, 0.1) is 0 Å². The first-order valence-corrected chi connectivity index (χ1v) is 2.28. The maximum atomic E-state index is 9.77. The quantitative estimate of drug-likeness (QED) is 0.407. The van der Waals surface area contributed by atoms with Crippen molar-refractivity contribution in [3.63, 3.8) is 0 Å². The Bertz CT molecular complexity index is 152. The Kier molecular flexibility index (Phi) is 12.2. The Morgan fingerprint density at radius 3 is 1.25 bits per heavy atom. The minimum absolute atomic E-state index is 0. The van der Waals surface area contributed by atoms with Crippen molar-refractivity contribution in [2.45, 2.75) is 12.2 Å². The van der Waals surface area contributed by atoms with Gasteiger partial charge in [-0.15, -0.1) is 0 Å². The average molecular weight is 251 g/mol. The molecule has 0 aromatic heterocycles. The van der Waals surface area contributed by atoms with Gasteiger partial charge in [0.2, 0.25) is 0 Å². The fraction of sp³-hybridized carbons (Fsp3) is 0.500. The summed E-state index contributed by atoms with van der Waals surface area (Å²) in [5.74, 6) is -3.54. The van der Waals surface area contributed by atoms with E-state index >= 15 is 0 Å². The smallest absolute Gasteiger partial charge is 1.00 e. The fourth-order valence-corrected chi connectivity index (χ4v) is 0.270. The van der Waals surface area contributed by atoms with Crippen molar-refractivity contribution in [2.24, 2.45) is 0 Å². The zero-order valence-electron chi connectivity index (χ0n) is 8.04. The van der Waals surface area contributed by atoms with E-state index in [1.165, 1.54) is 0 Å². The number of hydrogen-bond donors (Lipinski definition) is 4. The molecule has 3 radical (unpaired) electrons. The third-order valence-electron chi connectivity index (χ3n) is 0.805. The molecule has 0 aliphatic heterocycles. The van der Waals surface area contributed by atoms with E-state index in [0.29, 0.717) is 0 Å². The molecule has 0 aromatic rings. The normalized spacial score (nSPS) is 13.2. The fourth-order valence-electron chi connectivity index (χ4n) is 0.270. The molecule has 0 aliphatic rings. The second-order valence-corrected chi connectivity index (χ2v) is 1.57. The summed E-state index contributed by atoms with van der Waals surface area (Å²) in [4.78, 5) is 19.5. The van der Waals surface area contributed by atoms with Crippen LogP contribution in [0.15, 0.2) is 0 Å². The van der Waals surface area contributed by atoms with Crippen molar-refractivity contribution in [1.82, 2.24) is 0 Å². The van der Waals surface area contributed by atoms with E-state index in [2.05, 4.69) is 0 Å². The molecule has 0 saturated heterocycles. The predicted octanol–water partition coefficient (Wildman–Crippen LogP) is -2.66. The van der Waals surface area contributed by atoms with Crippen LogP contribution in [0.5, 0.6) is 0 Å². The largest absolute Gasteiger partial charge is 2.00 e. The summed E-state index contributed by atoms with van der Waals surface area (Å²) in [6.07, 6.45) is -4.53. The monoisotopic (exact) mass is 251 g/mol. The molecule has 6 nitrogen and oxygen atoms in total. The summed E-state index contributed by atoms with van der Waals surface area (Å²) >= 11 is 0. The van der Waals surface area contributed by atoms with Crippen LogP contribution in [0, 0.1) is 0 Å². The van der Waals surface area contributed by atoms with Crippen molar-refractivity contribution < 1.29 is 32.9 Å². The molecule has 0 fully saturated rings. The van der Waals surface area contributed by atoms with Gasteiger partial charge in [0.25, 0.3) is 0 Å². The van der Waals surface area contributed by atoms with Gasteiger partial charge in [-0.1, -0.05) is 0 Å². The van der Waals surface area contributed by atoms with E-state index in [9.17, 15) is 9.59 Å². The number of aliphatic hydroxyl groups excluding tert-OH is 2. The number of aliphatic hydroxyl groups is 2. The van der Waals surface area contributed by atoms with E-state index in [4.69, 9.17) is 20.4 Å². The Morgan fingerprint density at radius 2 is 1.17 bits per heavy atom. The molecule has 0 bridgehead atoms. The summed E-state index contributed by atoms with van der Waals surface area (Å²) in [5, 5.41) is 32.5. The number of carbonyl (C=O) groups is 2. The zero-order valence-corrected chi connectivity index (χ0v) is 9.52. The standard InChI is InChI=1S/C4H6O6.B.Sr.2H/c5-1(3(7)8)2(6)4(9)10;;;;/h1-2,5-6H,(H,7,8)(H,9,10);;;;/q;;+2;2*-1. The molecule has 12 heavy (non-hydrogen) atoms. The molecule has 0 amide bonds. The molecule has 65 valence electrons. The summed E-state index contributed by atoms with van der Waals surface area (Å²) < 4.78 is 0. The van der Waals surface area contributed by atoms with Gasteiger partial charge in [-0.3, -0.25) is 0 Å². The van der Waals surface area contributed by atoms with Crippen molar-refractivity contribution in [3.05, 3.63) is 0 Å². The van der Waals surface area contributed by atoms with E-state index in [1.807, 2.05) is 0 Å². The van der Waals surface area contributed by atoms with Crippen LogP contribution in [0.4, 0.5) is 0 Å². The van der Waals surface area contributed by atoms with E-state index in [-0.39, 0.29) is 56.7 Å². The van der Waals surface area contributed by atoms with Gasteiger partial charge in [-0.2, -0.15) is 0 Å². The molecule has 0 heterocycles. The molecule has 0 aliphatic carbocycles. The van der Waals surface area contributed by atoms with Crippen LogP contribution in [0.1, 0.15) is 2.85 Å². The zero-order chi connectivity index (χ0) is 8.31. The van der Waals surface area contributed by atoms with Crippen LogP contribution < -0.4 is 0 Å². The van der Waals surface area contributed by atoms with Crippen LogP contribution >= 0.6 is 0 Å². The van der Waals surface area contributed by atoms with Crippen LogP contribution in [0.25, 0.3) is 0 Å². The Labute approximate surface area is 110 Å². The first-order chi connectivity index (χ1) is 4.46. The van der Waals surface area contributed by atoms with Gasteiger partial charge in [0.15, 0.2) is 12.2 Å². The number of hydrogen-bond acceptors (Lipinski definition) is 4. The minimum atomic E-state index is -2.27. The van der Waals surface area contributed by atoms with Gasteiger partial charge in [0, 0.05) is 8.41 Å². The van der Waals surface area contributed by atoms with Crippen LogP contribution in [-0.4, -0.2) is 98.5 Å².